The van der Waals surface area contributed by atoms with E-state index in [4.69, 9.17) is 0 Å². The quantitative estimate of drug-likeness (QED) is 0.0992. The van der Waals surface area contributed by atoms with E-state index in [2.05, 4.69) is 39.5 Å². The number of aliphatic hydroxyl groups is 1. The van der Waals surface area contributed by atoms with Crippen LogP contribution in [0.2, 0.25) is 0 Å². The van der Waals surface area contributed by atoms with Crippen LogP contribution in [-0.2, 0) is 15.0 Å². The van der Waals surface area contributed by atoms with Gasteiger partial charge in [0.1, 0.15) is 5.76 Å². The summed E-state index contributed by atoms with van der Waals surface area (Å²) >= 11 is 0. The minimum atomic E-state index is -0.746. The molecule has 0 radical (unpaired) electrons. The van der Waals surface area contributed by atoms with Crippen LogP contribution in [0.3, 0.4) is 0 Å². The monoisotopic (exact) mass is 549 g/mol. The van der Waals surface area contributed by atoms with Crippen LogP contribution in [0.25, 0.3) is 5.76 Å². The topological polar surface area (TPSA) is 104 Å². The largest absolute Gasteiger partial charge is 0.507 e. The summed E-state index contributed by atoms with van der Waals surface area (Å²) in [6, 6.07) is 12.4. The van der Waals surface area contributed by atoms with E-state index in [9.17, 15) is 24.8 Å². The third-order valence-electron chi connectivity index (χ3n) is 7.51. The minimum Gasteiger partial charge on any atom is -0.507 e. The first-order valence-electron chi connectivity index (χ1n) is 14.4. The molecule has 1 heterocycles. The first-order chi connectivity index (χ1) is 19.0. The highest BCUT2D eigenvalue weighted by Crippen LogP contribution is 2.40. The van der Waals surface area contributed by atoms with Gasteiger partial charge in [-0.05, 0) is 67.6 Å². The highest BCUT2D eigenvalue weighted by Gasteiger charge is 2.45. The number of benzene rings is 2. The molecule has 8 nitrogen and oxygen atoms in total. The molecule has 0 spiro atoms. The Morgan fingerprint density at radius 2 is 1.48 bits per heavy atom. The van der Waals surface area contributed by atoms with Crippen LogP contribution in [0.4, 0.5) is 5.69 Å². The lowest BCUT2D eigenvalue weighted by Crippen LogP contribution is -2.34. The Hall–Kier alpha value is -3.52. The van der Waals surface area contributed by atoms with Crippen LogP contribution in [-0.4, -0.2) is 57.7 Å². The molecule has 2 aromatic rings. The number of likely N-dealkylation sites (tertiary alicyclic amines) is 1. The summed E-state index contributed by atoms with van der Waals surface area (Å²) in [7, 11) is 0. The second-order valence-corrected chi connectivity index (χ2v) is 11.6. The van der Waals surface area contributed by atoms with Crippen molar-refractivity contribution in [1.82, 2.24) is 9.80 Å². The summed E-state index contributed by atoms with van der Waals surface area (Å²) in [6.07, 6.45) is 5.16. The second kappa shape index (κ2) is 13.7. The van der Waals surface area contributed by atoms with Crippen molar-refractivity contribution in [3.8, 4) is 0 Å². The van der Waals surface area contributed by atoms with Gasteiger partial charge in [-0.2, -0.15) is 0 Å². The molecule has 1 atom stereocenters. The molecule has 3 rings (SSSR count). The smallest absolute Gasteiger partial charge is 0.295 e. The number of ketones is 1. The molecule has 40 heavy (non-hydrogen) atoms. The van der Waals surface area contributed by atoms with Gasteiger partial charge in [-0.1, -0.05) is 71.7 Å². The second-order valence-electron chi connectivity index (χ2n) is 11.6. The number of carbonyl (C=O) groups excluding carboxylic acids is 2. The molecule has 0 aromatic heterocycles. The van der Waals surface area contributed by atoms with E-state index in [1.165, 1.54) is 24.3 Å². The molecule has 1 amide bonds. The van der Waals surface area contributed by atoms with Crippen molar-refractivity contribution in [2.75, 3.05) is 26.2 Å². The fourth-order valence-electron chi connectivity index (χ4n) is 5.08. The highest BCUT2D eigenvalue weighted by atomic mass is 16.6. The Labute approximate surface area is 237 Å². The summed E-state index contributed by atoms with van der Waals surface area (Å²) in [4.78, 5) is 41.3. The van der Waals surface area contributed by atoms with Crippen molar-refractivity contribution in [2.45, 2.75) is 78.2 Å². The number of unbranched alkanes of at least 4 members (excludes halogenated alkanes) is 2. The average Bonchev–Trinajstić information content (AvgIpc) is 3.18. The van der Waals surface area contributed by atoms with Crippen molar-refractivity contribution in [3.05, 3.63) is 80.9 Å². The number of nitro groups is 1. The number of nitrogens with zero attached hydrogens (tertiary/aromatic N) is 3. The summed E-state index contributed by atoms with van der Waals surface area (Å²) in [5.74, 6) is -1.70. The number of aliphatic hydroxyl groups excluding tert-OH is 1. The van der Waals surface area contributed by atoms with Gasteiger partial charge in [-0.15, -0.1) is 0 Å². The van der Waals surface area contributed by atoms with Gasteiger partial charge in [0.25, 0.3) is 17.4 Å². The maximum absolute atomic E-state index is 13.4. The van der Waals surface area contributed by atoms with Crippen LogP contribution >= 0.6 is 0 Å². The maximum Gasteiger partial charge on any atom is 0.295 e. The van der Waals surface area contributed by atoms with Crippen LogP contribution in [0.15, 0.2) is 54.1 Å². The number of Topliss-reactive ketones (excluding diaryl/α,β-unsaturated/α-hetero) is 1. The van der Waals surface area contributed by atoms with E-state index < -0.39 is 22.7 Å². The van der Waals surface area contributed by atoms with Gasteiger partial charge in [0.2, 0.25) is 0 Å². The molecular formula is C32H43N3O5. The predicted molar refractivity (Wildman–Crippen MR) is 158 cm³/mol. The number of nitro benzene ring substituents is 1. The average molecular weight is 550 g/mol. The molecule has 1 N–H and O–H groups in total. The van der Waals surface area contributed by atoms with Gasteiger partial charge in [0.05, 0.1) is 16.5 Å². The Bertz CT molecular complexity index is 1200. The van der Waals surface area contributed by atoms with Gasteiger partial charge in [-0.3, -0.25) is 19.7 Å². The Morgan fingerprint density at radius 1 is 0.925 bits per heavy atom. The van der Waals surface area contributed by atoms with Crippen LogP contribution in [0, 0.1) is 10.1 Å². The third-order valence-corrected chi connectivity index (χ3v) is 7.51. The SMILES string of the molecule is CCCCN(CCCC)CCCN1C(=O)C(=O)C(=C(O)c2ccc([N+](=O)[O-])cc2)[C@@H]1c1ccc(C(C)(C)C)cc1. The van der Waals surface area contributed by atoms with Crippen molar-refractivity contribution in [2.24, 2.45) is 0 Å². The molecule has 0 saturated carbocycles. The fourth-order valence-corrected chi connectivity index (χ4v) is 5.08. The summed E-state index contributed by atoms with van der Waals surface area (Å²) in [5, 5.41) is 22.4. The van der Waals surface area contributed by atoms with E-state index in [1.54, 1.807) is 4.90 Å². The zero-order chi connectivity index (χ0) is 29.4. The predicted octanol–water partition coefficient (Wildman–Crippen LogP) is 6.61. The van der Waals surface area contributed by atoms with Crippen molar-refractivity contribution < 1.29 is 19.6 Å². The molecule has 1 aliphatic rings. The van der Waals surface area contributed by atoms with Gasteiger partial charge < -0.3 is 14.9 Å². The fraction of sp³-hybridized carbons (Fsp3) is 0.500. The summed E-state index contributed by atoms with van der Waals surface area (Å²) in [6.45, 7) is 13.9. The van der Waals surface area contributed by atoms with Crippen LogP contribution in [0.1, 0.15) is 89.5 Å². The number of hydrogen-bond acceptors (Lipinski definition) is 6. The number of carbonyl (C=O) groups is 2. The molecule has 1 aliphatic heterocycles. The summed E-state index contributed by atoms with van der Waals surface area (Å²) < 4.78 is 0. The number of non-ortho nitro benzene ring substituents is 1. The normalized spacial score (nSPS) is 17.1. The molecule has 8 heteroatoms. The maximum atomic E-state index is 13.4. The number of hydrogen-bond donors (Lipinski definition) is 1. The first-order valence-corrected chi connectivity index (χ1v) is 14.4. The van der Waals surface area contributed by atoms with Gasteiger partial charge >= 0.3 is 0 Å². The highest BCUT2D eigenvalue weighted by molar-refractivity contribution is 6.46. The Balaban J connectivity index is 1.98. The van der Waals surface area contributed by atoms with E-state index in [0.29, 0.717) is 13.0 Å². The molecule has 0 aliphatic carbocycles. The van der Waals surface area contributed by atoms with Gasteiger partial charge in [0, 0.05) is 24.2 Å². The van der Waals surface area contributed by atoms with Gasteiger partial charge in [0.15, 0.2) is 0 Å². The molecule has 0 bridgehead atoms. The van der Waals surface area contributed by atoms with E-state index in [1.807, 2.05) is 24.3 Å². The van der Waals surface area contributed by atoms with Crippen molar-refractivity contribution in [1.29, 1.82) is 0 Å². The van der Waals surface area contributed by atoms with E-state index in [0.717, 1.165) is 56.4 Å². The van der Waals surface area contributed by atoms with Crippen molar-refractivity contribution >= 4 is 23.1 Å². The number of rotatable bonds is 13. The summed E-state index contributed by atoms with van der Waals surface area (Å²) in [5.41, 5.74) is 1.93. The van der Waals surface area contributed by atoms with E-state index in [-0.39, 0.29) is 28.0 Å². The third kappa shape index (κ3) is 7.36. The molecular weight excluding hydrogens is 506 g/mol. The molecule has 216 valence electrons. The molecule has 0 unspecified atom stereocenters. The Morgan fingerprint density at radius 3 is 1.98 bits per heavy atom. The lowest BCUT2D eigenvalue weighted by atomic mass is 9.85. The lowest BCUT2D eigenvalue weighted by molar-refractivity contribution is -0.384. The minimum absolute atomic E-state index is 0.0104. The standard InChI is InChI=1S/C32H43N3O5/c1-6-8-19-33(20-9-7-2)21-10-22-34-28(23-11-15-25(16-12-23)32(3,4)5)27(30(37)31(34)38)29(36)24-13-17-26(18-14-24)35(39)40/h11-18,28,36H,6-10,19-22H2,1-5H3/t28-/m0/s1. The van der Waals surface area contributed by atoms with Crippen LogP contribution in [0.5, 0.6) is 0 Å². The molecule has 1 saturated heterocycles. The van der Waals surface area contributed by atoms with E-state index >= 15 is 0 Å². The lowest BCUT2D eigenvalue weighted by Gasteiger charge is -2.28. The zero-order valence-corrected chi connectivity index (χ0v) is 24.5. The molecule has 1 fully saturated rings. The number of amides is 1. The van der Waals surface area contributed by atoms with Crippen molar-refractivity contribution in [3.63, 3.8) is 0 Å². The van der Waals surface area contributed by atoms with Crippen LogP contribution < -0.4 is 0 Å². The first kappa shape index (κ1) is 31.0. The zero-order valence-electron chi connectivity index (χ0n) is 24.5. The molecule has 2 aromatic carbocycles. The van der Waals surface area contributed by atoms with Gasteiger partial charge in [-0.25, -0.2) is 0 Å². The Kier molecular flexibility index (Phi) is 10.6.